The third-order valence-electron chi connectivity index (χ3n) is 3.57. The molecule has 0 spiro atoms. The van der Waals surface area contributed by atoms with E-state index in [2.05, 4.69) is 5.32 Å². The van der Waals surface area contributed by atoms with Gasteiger partial charge in [0, 0.05) is 20.1 Å². The predicted octanol–water partition coefficient (Wildman–Crippen LogP) is 1.71. The topological polar surface area (TPSA) is 75.6 Å². The molecule has 1 aliphatic carbocycles. The van der Waals surface area contributed by atoms with Crippen LogP contribution in [0.15, 0.2) is 0 Å². The van der Waals surface area contributed by atoms with Crippen LogP contribution < -0.4 is 5.32 Å². The highest BCUT2D eigenvalue weighted by Gasteiger charge is 2.44. The van der Waals surface area contributed by atoms with E-state index in [0.29, 0.717) is 13.0 Å². The minimum atomic E-state index is -0.740. The molecular formula is C13H23NO4. The molecule has 0 heterocycles. The second-order valence-electron chi connectivity index (χ2n) is 4.87. The van der Waals surface area contributed by atoms with E-state index in [1.165, 1.54) is 0 Å². The highest BCUT2D eigenvalue weighted by Crippen LogP contribution is 2.35. The quantitative estimate of drug-likeness (QED) is 0.616. The molecule has 1 fully saturated rings. The Bertz CT molecular complexity index is 281. The Hall–Kier alpha value is -1.10. The smallest absolute Gasteiger partial charge is 0.303 e. The maximum atomic E-state index is 11.8. The number of hydrogen-bond acceptors (Lipinski definition) is 3. The minimum Gasteiger partial charge on any atom is -0.481 e. The fraction of sp³-hybridized carbons (Fsp3) is 0.846. The van der Waals surface area contributed by atoms with Crippen molar-refractivity contribution in [3.63, 3.8) is 0 Å². The van der Waals surface area contributed by atoms with Gasteiger partial charge in [-0.15, -0.1) is 0 Å². The summed E-state index contributed by atoms with van der Waals surface area (Å²) in [6.45, 7) is 0.650. The molecule has 1 saturated carbocycles. The van der Waals surface area contributed by atoms with Crippen molar-refractivity contribution in [2.75, 3.05) is 13.7 Å². The average Bonchev–Trinajstić information content (AvgIpc) is 2.26. The molecule has 1 aliphatic rings. The number of ether oxygens (including phenoxy) is 1. The molecule has 0 aromatic carbocycles. The number of amides is 1. The minimum absolute atomic E-state index is 0.00165. The summed E-state index contributed by atoms with van der Waals surface area (Å²) in [7, 11) is 1.59. The number of rotatable bonds is 9. The van der Waals surface area contributed by atoms with Gasteiger partial charge in [0.1, 0.15) is 5.60 Å². The summed E-state index contributed by atoms with van der Waals surface area (Å²) in [5, 5.41) is 11.4. The molecule has 0 radical (unpaired) electrons. The zero-order valence-corrected chi connectivity index (χ0v) is 11.0. The molecule has 0 bridgehead atoms. The van der Waals surface area contributed by atoms with Crippen LogP contribution in [0.4, 0.5) is 0 Å². The van der Waals surface area contributed by atoms with Gasteiger partial charge >= 0.3 is 5.97 Å². The number of unbranched alkanes of at least 4 members (excludes halogenated alkanes) is 3. The van der Waals surface area contributed by atoms with Gasteiger partial charge in [0.2, 0.25) is 0 Å². The number of carboxylic acids is 1. The highest BCUT2D eigenvalue weighted by atomic mass is 16.5. The normalized spacial score (nSPS) is 16.9. The van der Waals surface area contributed by atoms with Gasteiger partial charge in [0.25, 0.3) is 5.91 Å². The van der Waals surface area contributed by atoms with Crippen LogP contribution in [0.2, 0.25) is 0 Å². The summed E-state index contributed by atoms with van der Waals surface area (Å²) in [5.41, 5.74) is -0.566. The molecule has 2 N–H and O–H groups in total. The summed E-state index contributed by atoms with van der Waals surface area (Å²) in [6.07, 6.45) is 6.37. The molecule has 18 heavy (non-hydrogen) atoms. The first-order chi connectivity index (χ1) is 8.60. The second kappa shape index (κ2) is 7.36. The van der Waals surface area contributed by atoms with E-state index in [1.54, 1.807) is 7.11 Å². The highest BCUT2D eigenvalue weighted by molar-refractivity contribution is 5.86. The van der Waals surface area contributed by atoms with E-state index in [-0.39, 0.29) is 12.3 Å². The number of nitrogens with one attached hydrogen (secondary N) is 1. The molecule has 0 unspecified atom stereocenters. The molecule has 104 valence electrons. The van der Waals surface area contributed by atoms with Gasteiger partial charge in [-0.3, -0.25) is 9.59 Å². The Morgan fingerprint density at radius 3 is 2.39 bits per heavy atom. The van der Waals surface area contributed by atoms with Crippen LogP contribution in [-0.4, -0.2) is 36.2 Å². The van der Waals surface area contributed by atoms with Gasteiger partial charge in [0.05, 0.1) is 0 Å². The maximum absolute atomic E-state index is 11.8. The third-order valence-corrected chi connectivity index (χ3v) is 3.57. The number of methoxy groups -OCH3 is 1. The van der Waals surface area contributed by atoms with Gasteiger partial charge in [-0.05, 0) is 32.1 Å². The Morgan fingerprint density at radius 1 is 1.22 bits per heavy atom. The van der Waals surface area contributed by atoms with Gasteiger partial charge in [0.15, 0.2) is 0 Å². The van der Waals surface area contributed by atoms with Crippen LogP contribution in [0.5, 0.6) is 0 Å². The molecule has 0 aromatic heterocycles. The van der Waals surface area contributed by atoms with Crippen molar-refractivity contribution in [3.05, 3.63) is 0 Å². The summed E-state index contributed by atoms with van der Waals surface area (Å²) >= 11 is 0. The average molecular weight is 257 g/mol. The van der Waals surface area contributed by atoms with Crippen molar-refractivity contribution in [1.29, 1.82) is 0 Å². The zero-order valence-electron chi connectivity index (χ0n) is 11.0. The summed E-state index contributed by atoms with van der Waals surface area (Å²) in [5.74, 6) is -0.739. The molecule has 0 atom stereocenters. The Labute approximate surface area is 108 Å². The summed E-state index contributed by atoms with van der Waals surface area (Å²) in [4.78, 5) is 22.1. The fourth-order valence-electron chi connectivity index (χ4n) is 2.14. The number of hydrogen-bond donors (Lipinski definition) is 2. The van der Waals surface area contributed by atoms with Crippen LogP contribution >= 0.6 is 0 Å². The lowest BCUT2D eigenvalue weighted by Gasteiger charge is -2.38. The van der Waals surface area contributed by atoms with Crippen molar-refractivity contribution in [3.8, 4) is 0 Å². The standard InChI is InChI=1S/C13H23NO4/c1-18-13(8-6-9-13)12(17)14-10-5-3-2-4-7-11(15)16/h2-10H2,1H3,(H,14,17)(H,15,16). The van der Waals surface area contributed by atoms with E-state index in [0.717, 1.165) is 38.5 Å². The van der Waals surface area contributed by atoms with Crippen LogP contribution in [0.25, 0.3) is 0 Å². The molecule has 5 heteroatoms. The zero-order chi connectivity index (χ0) is 13.4. The molecule has 1 amide bonds. The van der Waals surface area contributed by atoms with Crippen molar-refractivity contribution in [1.82, 2.24) is 5.32 Å². The van der Waals surface area contributed by atoms with Crippen LogP contribution in [0.3, 0.4) is 0 Å². The van der Waals surface area contributed by atoms with Crippen molar-refractivity contribution >= 4 is 11.9 Å². The first-order valence-electron chi connectivity index (χ1n) is 6.66. The fourth-order valence-corrected chi connectivity index (χ4v) is 2.14. The van der Waals surface area contributed by atoms with Gasteiger partial charge in [-0.2, -0.15) is 0 Å². The molecular weight excluding hydrogens is 234 g/mol. The first-order valence-corrected chi connectivity index (χ1v) is 6.66. The molecule has 0 aromatic rings. The van der Waals surface area contributed by atoms with Crippen LogP contribution in [0, 0.1) is 0 Å². The number of carbonyl (C=O) groups excluding carboxylic acids is 1. The van der Waals surface area contributed by atoms with E-state index < -0.39 is 11.6 Å². The van der Waals surface area contributed by atoms with Crippen molar-refractivity contribution in [2.45, 2.75) is 57.0 Å². The van der Waals surface area contributed by atoms with E-state index in [4.69, 9.17) is 9.84 Å². The number of carbonyl (C=O) groups is 2. The van der Waals surface area contributed by atoms with Crippen LogP contribution in [0.1, 0.15) is 51.4 Å². The largest absolute Gasteiger partial charge is 0.481 e. The van der Waals surface area contributed by atoms with E-state index in [1.807, 2.05) is 0 Å². The van der Waals surface area contributed by atoms with Gasteiger partial charge in [-0.25, -0.2) is 0 Å². The van der Waals surface area contributed by atoms with E-state index in [9.17, 15) is 9.59 Å². The molecule has 5 nitrogen and oxygen atoms in total. The SMILES string of the molecule is COC1(C(=O)NCCCCCCC(=O)O)CCC1. The molecule has 1 rings (SSSR count). The lowest BCUT2D eigenvalue weighted by molar-refractivity contribution is -0.154. The van der Waals surface area contributed by atoms with Gasteiger partial charge in [-0.1, -0.05) is 12.8 Å². The Balaban J connectivity index is 2.01. The number of aliphatic carboxylic acids is 1. The lowest BCUT2D eigenvalue weighted by Crippen LogP contribution is -2.53. The van der Waals surface area contributed by atoms with Crippen molar-refractivity contribution in [2.24, 2.45) is 0 Å². The summed E-state index contributed by atoms with van der Waals surface area (Å²) in [6, 6.07) is 0. The molecule has 0 aliphatic heterocycles. The Kier molecular flexibility index (Phi) is 6.12. The third kappa shape index (κ3) is 4.29. The predicted molar refractivity (Wildman–Crippen MR) is 67.3 cm³/mol. The molecule has 0 saturated heterocycles. The first kappa shape index (κ1) is 15.0. The monoisotopic (exact) mass is 257 g/mol. The maximum Gasteiger partial charge on any atom is 0.303 e. The van der Waals surface area contributed by atoms with Crippen LogP contribution in [-0.2, 0) is 14.3 Å². The number of carboxylic acid groups (broad SMARTS) is 1. The van der Waals surface area contributed by atoms with E-state index >= 15 is 0 Å². The Morgan fingerprint density at radius 2 is 1.89 bits per heavy atom. The van der Waals surface area contributed by atoms with Crippen molar-refractivity contribution < 1.29 is 19.4 Å². The second-order valence-corrected chi connectivity index (χ2v) is 4.87. The lowest BCUT2D eigenvalue weighted by atomic mass is 9.79. The van der Waals surface area contributed by atoms with Gasteiger partial charge < -0.3 is 15.2 Å². The summed E-state index contributed by atoms with van der Waals surface area (Å²) < 4.78 is 5.28.